The largest absolute Gasteiger partial charge is 0.493 e. The molecule has 6 nitrogen and oxygen atoms in total. The number of carbonyl (C=O) groups is 2. The maximum Gasteiger partial charge on any atom is 0.228 e. The van der Waals surface area contributed by atoms with Gasteiger partial charge in [-0.15, -0.1) is 0 Å². The lowest BCUT2D eigenvalue weighted by Gasteiger charge is -2.36. The van der Waals surface area contributed by atoms with Crippen molar-refractivity contribution >= 4 is 23.2 Å². The van der Waals surface area contributed by atoms with E-state index in [4.69, 9.17) is 4.74 Å². The number of ether oxygens (including phenoxy) is 1. The molecule has 2 aromatic carbocycles. The average molecular weight is 401 g/mol. The van der Waals surface area contributed by atoms with Gasteiger partial charge in [0.05, 0.1) is 19.4 Å². The zero-order chi connectivity index (χ0) is 20.4. The van der Waals surface area contributed by atoms with Crippen molar-refractivity contribution in [3.05, 3.63) is 53.6 Å². The molecule has 8 heteroatoms. The number of nitrogens with zero attached hydrogens (tertiary/aromatic N) is 2. The molecule has 152 valence electrons. The summed E-state index contributed by atoms with van der Waals surface area (Å²) in [7, 11) is 0. The molecular weight excluding hydrogens is 380 g/mol. The van der Waals surface area contributed by atoms with Crippen LogP contribution in [0.25, 0.3) is 0 Å². The standard InChI is InChI=1S/C21H21F2N3O3/c22-17-3-1-15(13-18(17)23)25-6-8-26(9-7-25)21(28)5-10-29-16-2-4-19-14(11-16)12-20(27)24-19/h1-4,11,13H,5-10,12H2,(H,24,27). The van der Waals surface area contributed by atoms with Gasteiger partial charge in [-0.2, -0.15) is 0 Å². The predicted molar refractivity (Wildman–Crippen MR) is 104 cm³/mol. The molecule has 4 rings (SSSR count). The van der Waals surface area contributed by atoms with E-state index in [-0.39, 0.29) is 24.8 Å². The van der Waals surface area contributed by atoms with Crippen molar-refractivity contribution in [1.82, 2.24) is 4.90 Å². The molecule has 0 aromatic heterocycles. The SMILES string of the molecule is O=C1Cc2cc(OCCC(=O)N3CCN(c4ccc(F)c(F)c4)CC3)ccc2N1. The number of halogens is 2. The zero-order valence-electron chi connectivity index (χ0n) is 15.8. The van der Waals surface area contributed by atoms with Crippen LogP contribution in [-0.2, 0) is 16.0 Å². The lowest BCUT2D eigenvalue weighted by atomic mass is 10.1. The zero-order valence-corrected chi connectivity index (χ0v) is 15.8. The normalized spacial score (nSPS) is 15.9. The lowest BCUT2D eigenvalue weighted by Crippen LogP contribution is -2.49. The smallest absolute Gasteiger partial charge is 0.228 e. The molecule has 2 amide bonds. The summed E-state index contributed by atoms with van der Waals surface area (Å²) >= 11 is 0. The number of benzene rings is 2. The number of piperazine rings is 1. The summed E-state index contributed by atoms with van der Waals surface area (Å²) in [5, 5.41) is 2.76. The number of rotatable bonds is 5. The van der Waals surface area contributed by atoms with Gasteiger partial charge in [-0.1, -0.05) is 0 Å². The maximum absolute atomic E-state index is 13.4. The quantitative estimate of drug-likeness (QED) is 0.837. The minimum Gasteiger partial charge on any atom is -0.493 e. The molecule has 2 heterocycles. The molecular formula is C21H21F2N3O3. The van der Waals surface area contributed by atoms with Crippen LogP contribution >= 0.6 is 0 Å². The molecule has 0 spiro atoms. The second-order valence-electron chi connectivity index (χ2n) is 7.11. The molecule has 0 unspecified atom stereocenters. The number of hydrogen-bond acceptors (Lipinski definition) is 4. The summed E-state index contributed by atoms with van der Waals surface area (Å²) in [6.45, 7) is 2.41. The lowest BCUT2D eigenvalue weighted by molar-refractivity contribution is -0.132. The van der Waals surface area contributed by atoms with E-state index in [0.717, 1.165) is 17.3 Å². The maximum atomic E-state index is 13.4. The van der Waals surface area contributed by atoms with E-state index in [0.29, 0.717) is 44.0 Å². The van der Waals surface area contributed by atoms with Crippen molar-refractivity contribution in [3.8, 4) is 5.75 Å². The highest BCUT2D eigenvalue weighted by Gasteiger charge is 2.22. The molecule has 0 aliphatic carbocycles. The first kappa shape index (κ1) is 19.2. The first-order chi connectivity index (χ1) is 14.0. The Morgan fingerprint density at radius 1 is 1.03 bits per heavy atom. The summed E-state index contributed by atoms with van der Waals surface area (Å²) in [5.74, 6) is -1.14. The molecule has 0 bridgehead atoms. The summed E-state index contributed by atoms with van der Waals surface area (Å²) < 4.78 is 32.2. The Balaban J connectivity index is 1.23. The van der Waals surface area contributed by atoms with Gasteiger partial charge >= 0.3 is 0 Å². The van der Waals surface area contributed by atoms with Gasteiger partial charge in [-0.3, -0.25) is 9.59 Å². The number of nitrogens with one attached hydrogen (secondary N) is 1. The van der Waals surface area contributed by atoms with E-state index >= 15 is 0 Å². The fraction of sp³-hybridized carbons (Fsp3) is 0.333. The third kappa shape index (κ3) is 4.31. The van der Waals surface area contributed by atoms with E-state index in [1.165, 1.54) is 6.07 Å². The highest BCUT2D eigenvalue weighted by Crippen LogP contribution is 2.27. The van der Waals surface area contributed by atoms with Crippen LogP contribution in [0.1, 0.15) is 12.0 Å². The van der Waals surface area contributed by atoms with E-state index < -0.39 is 11.6 Å². The van der Waals surface area contributed by atoms with Crippen LogP contribution in [0, 0.1) is 11.6 Å². The van der Waals surface area contributed by atoms with Crippen molar-refractivity contribution < 1.29 is 23.1 Å². The molecule has 2 aliphatic heterocycles. The fourth-order valence-corrected chi connectivity index (χ4v) is 3.61. The van der Waals surface area contributed by atoms with Crippen molar-refractivity contribution in [2.75, 3.05) is 43.0 Å². The van der Waals surface area contributed by atoms with E-state index in [9.17, 15) is 18.4 Å². The number of amides is 2. The van der Waals surface area contributed by atoms with E-state index in [2.05, 4.69) is 5.32 Å². The minimum atomic E-state index is -0.871. The van der Waals surface area contributed by atoms with Crippen LogP contribution in [0.2, 0.25) is 0 Å². The molecule has 1 N–H and O–H groups in total. The summed E-state index contributed by atoms with van der Waals surface area (Å²) in [6, 6.07) is 9.23. The minimum absolute atomic E-state index is 0.00654. The third-order valence-electron chi connectivity index (χ3n) is 5.19. The van der Waals surface area contributed by atoms with E-state index in [1.807, 2.05) is 11.0 Å². The van der Waals surface area contributed by atoms with Gasteiger partial charge in [0, 0.05) is 43.6 Å². The highest BCUT2D eigenvalue weighted by atomic mass is 19.2. The van der Waals surface area contributed by atoms with Gasteiger partial charge in [0.15, 0.2) is 11.6 Å². The monoisotopic (exact) mass is 401 g/mol. The van der Waals surface area contributed by atoms with Gasteiger partial charge in [0.2, 0.25) is 11.8 Å². The molecule has 2 aliphatic rings. The molecule has 2 aromatic rings. The van der Waals surface area contributed by atoms with Crippen molar-refractivity contribution in [2.24, 2.45) is 0 Å². The average Bonchev–Trinajstić information content (AvgIpc) is 3.09. The van der Waals surface area contributed by atoms with Crippen LogP contribution < -0.4 is 15.0 Å². The van der Waals surface area contributed by atoms with Crippen LogP contribution in [0.3, 0.4) is 0 Å². The Hall–Kier alpha value is -3.16. The Bertz CT molecular complexity index is 943. The molecule has 29 heavy (non-hydrogen) atoms. The number of fused-ring (bicyclic) bond motifs is 1. The molecule has 1 saturated heterocycles. The van der Waals surface area contributed by atoms with Gasteiger partial charge in [-0.25, -0.2) is 8.78 Å². The van der Waals surface area contributed by atoms with Crippen LogP contribution in [-0.4, -0.2) is 49.5 Å². The van der Waals surface area contributed by atoms with Crippen molar-refractivity contribution in [1.29, 1.82) is 0 Å². The number of hydrogen-bond donors (Lipinski definition) is 1. The highest BCUT2D eigenvalue weighted by molar-refractivity contribution is 5.99. The number of carbonyl (C=O) groups excluding carboxylic acids is 2. The van der Waals surface area contributed by atoms with Gasteiger partial charge in [0.25, 0.3) is 0 Å². The Kier molecular flexibility index (Phi) is 5.33. The van der Waals surface area contributed by atoms with Gasteiger partial charge in [-0.05, 0) is 35.9 Å². The molecule has 1 fully saturated rings. The topological polar surface area (TPSA) is 61.9 Å². The third-order valence-corrected chi connectivity index (χ3v) is 5.19. The summed E-state index contributed by atoms with van der Waals surface area (Å²) in [4.78, 5) is 27.5. The Morgan fingerprint density at radius 2 is 1.83 bits per heavy atom. The first-order valence-electron chi connectivity index (χ1n) is 9.53. The Morgan fingerprint density at radius 3 is 2.59 bits per heavy atom. The van der Waals surface area contributed by atoms with Crippen LogP contribution in [0.5, 0.6) is 5.75 Å². The molecule has 0 saturated carbocycles. The predicted octanol–water partition coefficient (Wildman–Crippen LogP) is 2.58. The second-order valence-corrected chi connectivity index (χ2v) is 7.11. The number of anilines is 2. The fourth-order valence-electron chi connectivity index (χ4n) is 3.61. The van der Waals surface area contributed by atoms with Crippen molar-refractivity contribution in [2.45, 2.75) is 12.8 Å². The molecule has 0 atom stereocenters. The van der Waals surface area contributed by atoms with Crippen LogP contribution in [0.15, 0.2) is 36.4 Å². The summed E-state index contributed by atoms with van der Waals surface area (Å²) in [6.07, 6.45) is 0.590. The van der Waals surface area contributed by atoms with E-state index in [1.54, 1.807) is 23.1 Å². The second kappa shape index (κ2) is 8.06. The Labute approximate surface area is 167 Å². The summed E-state index contributed by atoms with van der Waals surface area (Å²) in [5.41, 5.74) is 2.31. The van der Waals surface area contributed by atoms with Crippen molar-refractivity contribution in [3.63, 3.8) is 0 Å². The van der Waals surface area contributed by atoms with Crippen LogP contribution in [0.4, 0.5) is 20.2 Å². The first-order valence-corrected chi connectivity index (χ1v) is 9.53. The molecule has 0 radical (unpaired) electrons. The van der Waals surface area contributed by atoms with Gasteiger partial charge in [0.1, 0.15) is 5.75 Å². The van der Waals surface area contributed by atoms with Gasteiger partial charge < -0.3 is 19.9 Å².